The molecule has 2 heterocycles. The highest BCUT2D eigenvalue weighted by atomic mass is 16.1. The summed E-state index contributed by atoms with van der Waals surface area (Å²) in [5.74, 6) is 0.717. The van der Waals surface area contributed by atoms with Gasteiger partial charge in [-0.3, -0.25) is 4.79 Å². The third kappa shape index (κ3) is 3.54. The Balaban J connectivity index is 1.47. The quantitative estimate of drug-likeness (QED) is 0.316. The van der Waals surface area contributed by atoms with E-state index in [1.807, 2.05) is 32.9 Å². The van der Waals surface area contributed by atoms with Gasteiger partial charge in [-0.05, 0) is 75.4 Å². The van der Waals surface area contributed by atoms with Crippen LogP contribution >= 0.6 is 0 Å². The van der Waals surface area contributed by atoms with Crippen LogP contribution in [0.2, 0.25) is 0 Å². The molecule has 4 aromatic rings. The van der Waals surface area contributed by atoms with Gasteiger partial charge >= 0.3 is 0 Å². The first kappa shape index (κ1) is 22.0. The number of hydrogen-bond donors (Lipinski definition) is 2. The number of hydrogen-bond acceptors (Lipinski definition) is 2. The highest BCUT2D eigenvalue weighted by molar-refractivity contribution is 6.08. The van der Waals surface area contributed by atoms with Crippen molar-refractivity contribution in [1.29, 1.82) is 0 Å². The Bertz CT molecular complexity index is 1490. The molecule has 1 aliphatic carbocycles. The van der Waals surface area contributed by atoms with E-state index >= 15 is 0 Å². The Morgan fingerprint density at radius 1 is 1.03 bits per heavy atom. The number of anilines is 1. The Hall–Kier alpha value is -3.53. The monoisotopic (exact) mass is 463 g/mol. The third-order valence-electron chi connectivity index (χ3n) is 7.60. The van der Waals surface area contributed by atoms with E-state index in [9.17, 15) is 4.79 Å². The number of carbonyl (C=O) groups excluding carboxylic acids is 1. The van der Waals surface area contributed by atoms with Gasteiger partial charge in [-0.25, -0.2) is 0 Å². The number of aromatic nitrogens is 1. The SMILES string of the molecule is CCn1c2ccccc2c2cc(C3Nc4c(C(=O)NC(C)(C)C)cccc4C4C=CCC43)ccc21. The van der Waals surface area contributed by atoms with Gasteiger partial charge in [-0.15, -0.1) is 0 Å². The largest absolute Gasteiger partial charge is 0.377 e. The summed E-state index contributed by atoms with van der Waals surface area (Å²) in [7, 11) is 0. The molecule has 0 fully saturated rings. The zero-order valence-corrected chi connectivity index (χ0v) is 20.9. The first-order chi connectivity index (χ1) is 16.9. The number of allylic oxidation sites excluding steroid dienone is 2. The number of carbonyl (C=O) groups is 1. The van der Waals surface area contributed by atoms with Crippen molar-refractivity contribution in [3.8, 4) is 0 Å². The van der Waals surface area contributed by atoms with Crippen LogP contribution in [0.4, 0.5) is 5.69 Å². The van der Waals surface area contributed by atoms with Gasteiger partial charge in [0.2, 0.25) is 0 Å². The van der Waals surface area contributed by atoms with Crippen molar-refractivity contribution in [1.82, 2.24) is 9.88 Å². The van der Waals surface area contributed by atoms with Crippen LogP contribution in [-0.2, 0) is 6.54 Å². The molecule has 1 aromatic heterocycles. The number of nitrogens with one attached hydrogen (secondary N) is 2. The first-order valence-electron chi connectivity index (χ1n) is 12.7. The number of rotatable bonds is 3. The molecule has 3 aromatic carbocycles. The fourth-order valence-electron chi connectivity index (χ4n) is 6.15. The minimum atomic E-state index is -0.289. The Morgan fingerprint density at radius 3 is 2.63 bits per heavy atom. The molecule has 3 atom stereocenters. The maximum Gasteiger partial charge on any atom is 0.253 e. The fourth-order valence-corrected chi connectivity index (χ4v) is 6.15. The number of aryl methyl sites for hydroxylation is 1. The van der Waals surface area contributed by atoms with Gasteiger partial charge in [-0.1, -0.05) is 48.6 Å². The van der Waals surface area contributed by atoms with Crippen LogP contribution in [0.3, 0.4) is 0 Å². The van der Waals surface area contributed by atoms with Crippen molar-refractivity contribution in [2.24, 2.45) is 5.92 Å². The van der Waals surface area contributed by atoms with Crippen LogP contribution in [0, 0.1) is 5.92 Å². The number of amides is 1. The van der Waals surface area contributed by atoms with E-state index in [4.69, 9.17) is 0 Å². The highest BCUT2D eigenvalue weighted by Crippen LogP contribution is 2.51. The number of para-hydroxylation sites is 2. The van der Waals surface area contributed by atoms with Crippen molar-refractivity contribution < 1.29 is 4.79 Å². The molecule has 1 aliphatic heterocycles. The maximum absolute atomic E-state index is 13.3. The Morgan fingerprint density at radius 2 is 1.83 bits per heavy atom. The predicted octanol–water partition coefficient (Wildman–Crippen LogP) is 7.17. The smallest absolute Gasteiger partial charge is 0.253 e. The summed E-state index contributed by atoms with van der Waals surface area (Å²) < 4.78 is 2.40. The molecular weight excluding hydrogens is 430 g/mol. The topological polar surface area (TPSA) is 46.1 Å². The molecule has 4 heteroatoms. The van der Waals surface area contributed by atoms with Gasteiger partial charge in [0, 0.05) is 39.8 Å². The lowest BCUT2D eigenvalue weighted by Crippen LogP contribution is -2.41. The van der Waals surface area contributed by atoms with Gasteiger partial charge in [0.1, 0.15) is 0 Å². The van der Waals surface area contributed by atoms with E-state index in [-0.39, 0.29) is 17.5 Å². The van der Waals surface area contributed by atoms with E-state index in [0.717, 1.165) is 24.2 Å². The molecule has 3 unspecified atom stereocenters. The third-order valence-corrected chi connectivity index (χ3v) is 7.60. The average molecular weight is 464 g/mol. The van der Waals surface area contributed by atoms with Gasteiger partial charge in [0.15, 0.2) is 0 Å². The molecule has 6 rings (SSSR count). The minimum absolute atomic E-state index is 0.0255. The lowest BCUT2D eigenvalue weighted by atomic mass is 9.76. The molecule has 0 bridgehead atoms. The van der Waals surface area contributed by atoms with E-state index in [1.54, 1.807) is 0 Å². The molecule has 0 saturated carbocycles. The second-order valence-electron chi connectivity index (χ2n) is 11.0. The molecule has 35 heavy (non-hydrogen) atoms. The normalized spacial score (nSPS) is 21.1. The van der Waals surface area contributed by atoms with Crippen molar-refractivity contribution in [3.63, 3.8) is 0 Å². The Labute approximate surface area is 207 Å². The summed E-state index contributed by atoms with van der Waals surface area (Å²) in [5.41, 5.74) is 6.48. The van der Waals surface area contributed by atoms with Crippen LogP contribution in [0.1, 0.15) is 67.6 Å². The van der Waals surface area contributed by atoms with Crippen molar-refractivity contribution in [3.05, 3.63) is 89.5 Å². The zero-order valence-electron chi connectivity index (χ0n) is 20.9. The van der Waals surface area contributed by atoms with Crippen LogP contribution in [0.25, 0.3) is 21.8 Å². The van der Waals surface area contributed by atoms with Crippen LogP contribution in [0.5, 0.6) is 0 Å². The predicted molar refractivity (Wildman–Crippen MR) is 145 cm³/mol. The lowest BCUT2D eigenvalue weighted by Gasteiger charge is -2.38. The standard InChI is InChI=1S/C31H33N3O/c1-5-34-26-15-7-6-10-21(26)25-18-19(16-17-27(25)34)28-22-12-8-11-20(22)23-13-9-14-24(29(23)32-28)30(35)33-31(2,3)4/h6-11,13-18,20,22,28,32H,5,12H2,1-4H3,(H,33,35). The molecule has 1 amide bonds. The van der Waals surface area contributed by atoms with Crippen LogP contribution in [0.15, 0.2) is 72.8 Å². The van der Waals surface area contributed by atoms with Gasteiger partial charge < -0.3 is 15.2 Å². The summed E-state index contributed by atoms with van der Waals surface area (Å²) in [6.45, 7) is 9.22. The zero-order chi connectivity index (χ0) is 24.3. The summed E-state index contributed by atoms with van der Waals surface area (Å²) in [6.07, 6.45) is 5.68. The summed E-state index contributed by atoms with van der Waals surface area (Å²) in [5, 5.41) is 9.60. The van der Waals surface area contributed by atoms with E-state index in [1.165, 1.54) is 32.9 Å². The first-order valence-corrected chi connectivity index (χ1v) is 12.7. The molecule has 0 radical (unpaired) electrons. The fraction of sp³-hybridized carbons (Fsp3) is 0.323. The summed E-state index contributed by atoms with van der Waals surface area (Å²) in [4.78, 5) is 13.3. The van der Waals surface area contributed by atoms with Crippen molar-refractivity contribution in [2.75, 3.05) is 5.32 Å². The molecule has 0 saturated heterocycles. The van der Waals surface area contributed by atoms with Crippen molar-refractivity contribution >= 4 is 33.4 Å². The molecule has 2 aliphatic rings. The van der Waals surface area contributed by atoms with Crippen LogP contribution in [-0.4, -0.2) is 16.0 Å². The van der Waals surface area contributed by atoms with E-state index in [2.05, 4.69) is 82.8 Å². The summed E-state index contributed by atoms with van der Waals surface area (Å²) in [6, 6.07) is 21.9. The van der Waals surface area contributed by atoms with Gasteiger partial charge in [0.05, 0.1) is 17.3 Å². The molecule has 4 nitrogen and oxygen atoms in total. The van der Waals surface area contributed by atoms with E-state index < -0.39 is 0 Å². The second-order valence-corrected chi connectivity index (χ2v) is 11.0. The van der Waals surface area contributed by atoms with Crippen LogP contribution < -0.4 is 10.6 Å². The van der Waals surface area contributed by atoms with Gasteiger partial charge in [0.25, 0.3) is 5.91 Å². The average Bonchev–Trinajstić information content (AvgIpc) is 3.45. The van der Waals surface area contributed by atoms with Crippen molar-refractivity contribution in [2.45, 2.75) is 58.2 Å². The summed E-state index contributed by atoms with van der Waals surface area (Å²) >= 11 is 0. The highest BCUT2D eigenvalue weighted by Gasteiger charge is 2.39. The number of nitrogens with zero attached hydrogens (tertiary/aromatic N) is 1. The van der Waals surface area contributed by atoms with E-state index in [0.29, 0.717) is 11.8 Å². The maximum atomic E-state index is 13.3. The number of fused-ring (bicyclic) bond motifs is 6. The van der Waals surface area contributed by atoms with Gasteiger partial charge in [-0.2, -0.15) is 0 Å². The molecule has 2 N–H and O–H groups in total. The second kappa shape index (κ2) is 8.01. The minimum Gasteiger partial charge on any atom is -0.377 e. The molecule has 0 spiro atoms. The Kier molecular flexibility index (Phi) is 5.03. The number of benzene rings is 3. The lowest BCUT2D eigenvalue weighted by molar-refractivity contribution is 0.0920. The molecule has 178 valence electrons. The molecular formula is C31H33N3O.